The molecule has 0 bridgehead atoms. The predicted octanol–water partition coefficient (Wildman–Crippen LogP) is 1.32. The Balaban J connectivity index is 2.26. The van der Waals surface area contributed by atoms with Crippen LogP contribution in [0.3, 0.4) is 0 Å². The number of carbonyl (C=O) groups is 3. The van der Waals surface area contributed by atoms with Gasteiger partial charge in [0.2, 0.25) is 5.91 Å². The van der Waals surface area contributed by atoms with E-state index in [0.717, 1.165) is 4.90 Å². The molecule has 100 valence electrons. The maximum Gasteiger partial charge on any atom is 0.308 e. The third-order valence-electron chi connectivity index (χ3n) is 3.38. The highest BCUT2D eigenvalue weighted by molar-refractivity contribution is 6.09. The van der Waals surface area contributed by atoms with Gasteiger partial charge in [-0.15, -0.1) is 0 Å². The molecule has 1 unspecified atom stereocenters. The van der Waals surface area contributed by atoms with Gasteiger partial charge in [-0.05, 0) is 18.1 Å². The van der Waals surface area contributed by atoms with Gasteiger partial charge < -0.3 is 5.11 Å². The van der Waals surface area contributed by atoms with Crippen molar-refractivity contribution in [1.82, 2.24) is 4.90 Å². The molecular formula is C14H15NO4. The normalized spacial score (nSPS) is 16.2. The molecule has 0 spiro atoms. The first-order chi connectivity index (χ1) is 9.04. The van der Waals surface area contributed by atoms with E-state index in [4.69, 9.17) is 5.11 Å². The molecule has 1 aromatic carbocycles. The zero-order valence-electron chi connectivity index (χ0n) is 10.6. The summed E-state index contributed by atoms with van der Waals surface area (Å²) in [5.74, 6) is -2.42. The van der Waals surface area contributed by atoms with Crippen LogP contribution in [0, 0.1) is 5.92 Å². The third kappa shape index (κ3) is 2.50. The summed E-state index contributed by atoms with van der Waals surface area (Å²) >= 11 is 0. The summed E-state index contributed by atoms with van der Waals surface area (Å²) in [4.78, 5) is 36.2. The smallest absolute Gasteiger partial charge is 0.308 e. The van der Waals surface area contributed by atoms with Gasteiger partial charge in [-0.3, -0.25) is 19.3 Å². The van der Waals surface area contributed by atoms with Gasteiger partial charge in [-0.1, -0.05) is 25.1 Å². The van der Waals surface area contributed by atoms with E-state index < -0.39 is 17.8 Å². The lowest BCUT2D eigenvalue weighted by molar-refractivity contribution is -0.143. The highest BCUT2D eigenvalue weighted by Crippen LogP contribution is 2.21. The molecule has 0 aromatic heterocycles. The number of fused-ring (bicyclic) bond motifs is 1. The lowest BCUT2D eigenvalue weighted by Gasteiger charge is -2.28. The van der Waals surface area contributed by atoms with Crippen LogP contribution in [0.2, 0.25) is 0 Å². The molecule has 1 heterocycles. The minimum Gasteiger partial charge on any atom is -0.481 e. The molecule has 1 aliphatic heterocycles. The van der Waals surface area contributed by atoms with Crippen molar-refractivity contribution in [2.45, 2.75) is 19.8 Å². The van der Waals surface area contributed by atoms with Gasteiger partial charge in [0.1, 0.15) is 0 Å². The number of nitrogens with zero attached hydrogens (tertiary/aromatic N) is 1. The largest absolute Gasteiger partial charge is 0.481 e. The Morgan fingerprint density at radius 3 is 2.68 bits per heavy atom. The molecule has 0 radical (unpaired) electrons. The zero-order valence-corrected chi connectivity index (χ0v) is 10.6. The Bertz CT molecular complexity index is 538. The Morgan fingerprint density at radius 1 is 1.37 bits per heavy atom. The van der Waals surface area contributed by atoms with E-state index in [-0.39, 0.29) is 18.9 Å². The van der Waals surface area contributed by atoms with Crippen LogP contribution in [0.25, 0.3) is 0 Å². The van der Waals surface area contributed by atoms with Crippen LogP contribution >= 0.6 is 0 Å². The van der Waals surface area contributed by atoms with E-state index in [2.05, 4.69) is 0 Å². The molecular weight excluding hydrogens is 246 g/mol. The van der Waals surface area contributed by atoms with E-state index >= 15 is 0 Å². The minimum atomic E-state index is -0.984. The molecule has 2 amide bonds. The van der Waals surface area contributed by atoms with Crippen molar-refractivity contribution < 1.29 is 19.5 Å². The van der Waals surface area contributed by atoms with Crippen molar-refractivity contribution in [1.29, 1.82) is 0 Å². The van der Waals surface area contributed by atoms with Gasteiger partial charge in [0.15, 0.2) is 0 Å². The first-order valence-electron chi connectivity index (χ1n) is 6.20. The maximum atomic E-state index is 12.2. The molecule has 1 atom stereocenters. The zero-order chi connectivity index (χ0) is 14.0. The van der Waals surface area contributed by atoms with Crippen molar-refractivity contribution in [3.8, 4) is 0 Å². The third-order valence-corrected chi connectivity index (χ3v) is 3.38. The topological polar surface area (TPSA) is 74.7 Å². The summed E-state index contributed by atoms with van der Waals surface area (Å²) in [5, 5.41) is 9.02. The fourth-order valence-corrected chi connectivity index (χ4v) is 2.19. The molecule has 19 heavy (non-hydrogen) atoms. The standard InChI is InChI=1S/C14H15NO4/c1-2-9(14(18)19)8-15-12(16)7-10-5-3-4-6-11(10)13(15)17/h3-6,9H,2,7-8H2,1H3,(H,18,19). The fraction of sp³-hybridized carbons (Fsp3) is 0.357. The van der Waals surface area contributed by atoms with Crippen molar-refractivity contribution in [3.63, 3.8) is 0 Å². The maximum absolute atomic E-state index is 12.2. The Hall–Kier alpha value is -2.17. The van der Waals surface area contributed by atoms with E-state index in [1.165, 1.54) is 0 Å². The number of hydrogen-bond acceptors (Lipinski definition) is 3. The lowest BCUT2D eigenvalue weighted by Crippen LogP contribution is -2.45. The minimum absolute atomic E-state index is 0.0577. The summed E-state index contributed by atoms with van der Waals surface area (Å²) in [6, 6.07) is 6.93. The summed E-state index contributed by atoms with van der Waals surface area (Å²) in [7, 11) is 0. The van der Waals surface area contributed by atoms with E-state index in [0.29, 0.717) is 17.5 Å². The molecule has 0 fully saturated rings. The molecule has 5 nitrogen and oxygen atoms in total. The number of carbonyl (C=O) groups excluding carboxylic acids is 2. The van der Waals surface area contributed by atoms with Crippen LogP contribution in [0.15, 0.2) is 24.3 Å². The van der Waals surface area contributed by atoms with Gasteiger partial charge in [-0.25, -0.2) is 0 Å². The van der Waals surface area contributed by atoms with E-state index in [1.54, 1.807) is 31.2 Å². The van der Waals surface area contributed by atoms with Crippen LogP contribution in [-0.2, 0) is 16.0 Å². The number of amides is 2. The number of carboxylic acids is 1. The Morgan fingerprint density at radius 2 is 2.05 bits per heavy atom. The second-order valence-electron chi connectivity index (χ2n) is 4.59. The predicted molar refractivity (Wildman–Crippen MR) is 67.6 cm³/mol. The number of benzene rings is 1. The van der Waals surface area contributed by atoms with Gasteiger partial charge in [0.25, 0.3) is 5.91 Å². The molecule has 2 rings (SSSR count). The number of rotatable bonds is 4. The van der Waals surface area contributed by atoms with Gasteiger partial charge >= 0.3 is 5.97 Å². The first-order valence-corrected chi connectivity index (χ1v) is 6.20. The molecule has 0 aliphatic carbocycles. The molecule has 5 heteroatoms. The van der Waals surface area contributed by atoms with Crippen molar-refractivity contribution in [2.24, 2.45) is 5.92 Å². The Labute approximate surface area is 110 Å². The molecule has 0 saturated carbocycles. The number of imide groups is 1. The van der Waals surface area contributed by atoms with Gasteiger partial charge in [0.05, 0.1) is 12.3 Å². The first kappa shape index (κ1) is 13.3. The summed E-state index contributed by atoms with van der Waals surface area (Å²) < 4.78 is 0. The molecule has 0 saturated heterocycles. The molecule has 1 aromatic rings. The van der Waals surface area contributed by atoms with Crippen LogP contribution in [0.5, 0.6) is 0 Å². The molecule has 1 aliphatic rings. The highest BCUT2D eigenvalue weighted by Gasteiger charge is 2.33. The molecule has 1 N–H and O–H groups in total. The van der Waals surface area contributed by atoms with Crippen molar-refractivity contribution in [2.75, 3.05) is 6.54 Å². The second kappa shape index (κ2) is 5.22. The average molecular weight is 261 g/mol. The van der Waals surface area contributed by atoms with Gasteiger partial charge in [0, 0.05) is 12.1 Å². The van der Waals surface area contributed by atoms with Crippen LogP contribution in [0.4, 0.5) is 0 Å². The monoisotopic (exact) mass is 261 g/mol. The quantitative estimate of drug-likeness (QED) is 0.829. The number of carboxylic acid groups (broad SMARTS) is 1. The van der Waals surface area contributed by atoms with Crippen molar-refractivity contribution >= 4 is 17.8 Å². The lowest BCUT2D eigenvalue weighted by atomic mass is 9.97. The highest BCUT2D eigenvalue weighted by atomic mass is 16.4. The second-order valence-corrected chi connectivity index (χ2v) is 4.59. The van der Waals surface area contributed by atoms with E-state index in [9.17, 15) is 14.4 Å². The van der Waals surface area contributed by atoms with Crippen LogP contribution < -0.4 is 0 Å². The summed E-state index contributed by atoms with van der Waals surface area (Å²) in [6.07, 6.45) is 0.534. The van der Waals surface area contributed by atoms with Crippen LogP contribution in [-0.4, -0.2) is 34.3 Å². The number of aliphatic carboxylic acids is 1. The fourth-order valence-electron chi connectivity index (χ4n) is 2.19. The summed E-state index contributed by atoms with van der Waals surface area (Å²) in [5.41, 5.74) is 1.19. The van der Waals surface area contributed by atoms with Crippen LogP contribution in [0.1, 0.15) is 29.3 Å². The average Bonchev–Trinajstić information content (AvgIpc) is 2.38. The van der Waals surface area contributed by atoms with Gasteiger partial charge in [-0.2, -0.15) is 0 Å². The summed E-state index contributed by atoms with van der Waals surface area (Å²) in [6.45, 7) is 1.67. The Kier molecular flexibility index (Phi) is 3.64. The van der Waals surface area contributed by atoms with Crippen molar-refractivity contribution in [3.05, 3.63) is 35.4 Å². The van der Waals surface area contributed by atoms with E-state index in [1.807, 2.05) is 0 Å². The SMILES string of the molecule is CCC(CN1C(=O)Cc2ccccc2C1=O)C(=O)O. The number of hydrogen-bond donors (Lipinski definition) is 1.